The summed E-state index contributed by atoms with van der Waals surface area (Å²) in [5, 5.41) is 19.1. The first kappa shape index (κ1) is 22.6. The molecule has 7 heteroatoms. The van der Waals surface area contributed by atoms with Crippen LogP contribution in [0.3, 0.4) is 0 Å². The molecule has 1 saturated heterocycles. The van der Waals surface area contributed by atoms with Crippen LogP contribution in [-0.2, 0) is 19.0 Å². The maximum absolute atomic E-state index is 13.2. The summed E-state index contributed by atoms with van der Waals surface area (Å²) >= 11 is 0. The number of carbonyl (C=O) groups excluding carboxylic acids is 1. The van der Waals surface area contributed by atoms with Gasteiger partial charge >= 0.3 is 0 Å². The number of benzene rings is 2. The van der Waals surface area contributed by atoms with Crippen LogP contribution < -0.4 is 10.1 Å². The fraction of sp³-hybridized carbons (Fsp3) is 0.407. The largest absolute Gasteiger partial charge is 0.496 e. The molecule has 1 amide bonds. The highest BCUT2D eigenvalue weighted by atomic mass is 16.5. The molecule has 3 aromatic rings. The van der Waals surface area contributed by atoms with Gasteiger partial charge in [0.15, 0.2) is 0 Å². The standard InChI is InChI=1S/C27H32N4O3/c1-18-19(16-28-30(18)2)17-31-14-12-27(13-15-31)22-10-6-4-8-20(22)24(25(27)32)29-26(33)21-9-5-7-11-23(21)34-3/h4-11,16,24-25,32H,12-15,17H2,1-3H3,(H,29,33)/t24-,25+/m1/s1. The zero-order valence-corrected chi connectivity index (χ0v) is 20.0. The quantitative estimate of drug-likeness (QED) is 0.612. The third-order valence-electron chi connectivity index (χ3n) is 7.83. The summed E-state index contributed by atoms with van der Waals surface area (Å²) in [7, 11) is 3.52. The Balaban J connectivity index is 1.36. The van der Waals surface area contributed by atoms with E-state index in [1.54, 1.807) is 19.2 Å². The predicted molar refractivity (Wildman–Crippen MR) is 130 cm³/mol. The van der Waals surface area contributed by atoms with E-state index in [9.17, 15) is 9.90 Å². The SMILES string of the molecule is COc1ccccc1C(=O)N[C@@H]1c2ccccc2C2(CCN(Cc3cnn(C)c3C)CC2)[C@H]1O. The number of rotatable bonds is 5. The van der Waals surface area contributed by atoms with Gasteiger partial charge in [0.05, 0.1) is 31.0 Å². The van der Waals surface area contributed by atoms with Gasteiger partial charge in [0.2, 0.25) is 0 Å². The second-order valence-electron chi connectivity index (χ2n) is 9.49. The van der Waals surface area contributed by atoms with Gasteiger partial charge in [0.25, 0.3) is 5.91 Å². The molecule has 0 saturated carbocycles. The van der Waals surface area contributed by atoms with Gasteiger partial charge in [-0.25, -0.2) is 0 Å². The van der Waals surface area contributed by atoms with Crippen LogP contribution in [0.25, 0.3) is 0 Å². The number of aryl methyl sites for hydroxylation is 1. The van der Waals surface area contributed by atoms with Crippen LogP contribution in [0, 0.1) is 6.92 Å². The Morgan fingerprint density at radius 2 is 1.88 bits per heavy atom. The van der Waals surface area contributed by atoms with Gasteiger partial charge in [0, 0.05) is 30.3 Å². The number of hydrogen-bond donors (Lipinski definition) is 2. The Kier molecular flexibility index (Phi) is 5.91. The first-order valence-electron chi connectivity index (χ1n) is 11.9. The summed E-state index contributed by atoms with van der Waals surface area (Å²) in [6.07, 6.45) is 2.94. The summed E-state index contributed by atoms with van der Waals surface area (Å²) in [4.78, 5) is 15.6. The van der Waals surface area contributed by atoms with Crippen molar-refractivity contribution in [1.29, 1.82) is 0 Å². The average Bonchev–Trinajstić information content (AvgIpc) is 3.30. The maximum Gasteiger partial charge on any atom is 0.255 e. The highest BCUT2D eigenvalue weighted by Crippen LogP contribution is 2.51. The number of nitrogens with one attached hydrogen (secondary N) is 1. The molecule has 34 heavy (non-hydrogen) atoms. The number of aliphatic hydroxyl groups is 1. The molecule has 2 N–H and O–H groups in total. The van der Waals surface area contributed by atoms with Crippen molar-refractivity contribution in [3.8, 4) is 5.75 Å². The molecule has 1 fully saturated rings. The van der Waals surface area contributed by atoms with Crippen molar-refractivity contribution < 1.29 is 14.6 Å². The molecule has 0 bridgehead atoms. The normalized spacial score (nSPS) is 21.4. The molecule has 2 aliphatic rings. The molecular formula is C27H32N4O3. The van der Waals surface area contributed by atoms with Crippen molar-refractivity contribution in [2.45, 2.75) is 43.9 Å². The number of aliphatic hydroxyl groups excluding tert-OH is 1. The van der Waals surface area contributed by atoms with E-state index in [0.717, 1.165) is 43.6 Å². The highest BCUT2D eigenvalue weighted by molar-refractivity contribution is 5.97. The lowest BCUT2D eigenvalue weighted by atomic mass is 9.72. The smallest absolute Gasteiger partial charge is 0.255 e. The molecule has 5 rings (SSSR count). The maximum atomic E-state index is 13.2. The molecule has 1 aromatic heterocycles. The van der Waals surface area contributed by atoms with Crippen LogP contribution >= 0.6 is 0 Å². The van der Waals surface area contributed by atoms with E-state index < -0.39 is 12.1 Å². The zero-order valence-electron chi connectivity index (χ0n) is 20.0. The molecule has 0 radical (unpaired) electrons. The van der Waals surface area contributed by atoms with Gasteiger partial charge in [0.1, 0.15) is 5.75 Å². The van der Waals surface area contributed by atoms with Gasteiger partial charge < -0.3 is 15.2 Å². The van der Waals surface area contributed by atoms with Crippen LogP contribution in [0.5, 0.6) is 5.75 Å². The zero-order chi connectivity index (χ0) is 23.9. The van der Waals surface area contributed by atoms with Crippen molar-refractivity contribution in [2.24, 2.45) is 7.05 Å². The first-order chi connectivity index (χ1) is 16.4. The van der Waals surface area contributed by atoms with Gasteiger partial charge in [-0.3, -0.25) is 14.4 Å². The minimum absolute atomic E-state index is 0.238. The fourth-order valence-corrected chi connectivity index (χ4v) is 5.69. The van der Waals surface area contributed by atoms with Crippen molar-refractivity contribution in [3.63, 3.8) is 0 Å². The third kappa shape index (κ3) is 3.69. The van der Waals surface area contributed by atoms with Crippen LogP contribution in [-0.4, -0.2) is 52.0 Å². The molecule has 1 aliphatic heterocycles. The number of fused-ring (bicyclic) bond motifs is 2. The van der Waals surface area contributed by atoms with E-state index in [0.29, 0.717) is 11.3 Å². The molecule has 1 spiro atoms. The van der Waals surface area contributed by atoms with Gasteiger partial charge in [-0.2, -0.15) is 5.10 Å². The highest BCUT2D eigenvalue weighted by Gasteiger charge is 2.53. The number of methoxy groups -OCH3 is 1. The number of hydrogen-bond acceptors (Lipinski definition) is 5. The second-order valence-corrected chi connectivity index (χ2v) is 9.49. The van der Waals surface area contributed by atoms with Crippen molar-refractivity contribution >= 4 is 5.91 Å². The Labute approximate surface area is 200 Å². The van der Waals surface area contributed by atoms with E-state index in [-0.39, 0.29) is 11.3 Å². The minimum Gasteiger partial charge on any atom is -0.496 e. The van der Waals surface area contributed by atoms with Crippen molar-refractivity contribution in [3.05, 3.63) is 82.7 Å². The van der Waals surface area contributed by atoms with Crippen molar-refractivity contribution in [2.75, 3.05) is 20.2 Å². The molecule has 7 nitrogen and oxygen atoms in total. The third-order valence-corrected chi connectivity index (χ3v) is 7.83. The van der Waals surface area contributed by atoms with Crippen LogP contribution in [0.4, 0.5) is 0 Å². The average molecular weight is 461 g/mol. The summed E-state index contributed by atoms with van der Waals surface area (Å²) < 4.78 is 7.28. The summed E-state index contributed by atoms with van der Waals surface area (Å²) in [6, 6.07) is 14.9. The van der Waals surface area contributed by atoms with Crippen molar-refractivity contribution in [1.82, 2.24) is 20.0 Å². The topological polar surface area (TPSA) is 79.6 Å². The minimum atomic E-state index is -0.689. The number of piperidine rings is 1. The number of ether oxygens (including phenoxy) is 1. The Morgan fingerprint density at radius 1 is 1.18 bits per heavy atom. The van der Waals surface area contributed by atoms with Crippen LogP contribution in [0.2, 0.25) is 0 Å². The molecule has 1 aliphatic carbocycles. The van der Waals surface area contributed by atoms with Crippen LogP contribution in [0.15, 0.2) is 54.7 Å². The molecule has 0 unspecified atom stereocenters. The molecule has 2 aromatic carbocycles. The number of amides is 1. The number of nitrogens with zero attached hydrogens (tertiary/aromatic N) is 3. The monoisotopic (exact) mass is 460 g/mol. The van der Waals surface area contributed by atoms with E-state index in [1.807, 2.05) is 48.3 Å². The fourth-order valence-electron chi connectivity index (χ4n) is 5.69. The lowest BCUT2D eigenvalue weighted by Crippen LogP contribution is -2.49. The summed E-state index contributed by atoms with van der Waals surface area (Å²) in [6.45, 7) is 4.72. The Hall–Kier alpha value is -3.16. The number of carbonyl (C=O) groups is 1. The predicted octanol–water partition coefficient (Wildman–Crippen LogP) is 3.12. The Morgan fingerprint density at radius 3 is 2.59 bits per heavy atom. The Bertz CT molecular complexity index is 1200. The number of aromatic nitrogens is 2. The lowest BCUT2D eigenvalue weighted by Gasteiger charge is -2.42. The molecule has 178 valence electrons. The summed E-state index contributed by atoms with van der Waals surface area (Å²) in [5.74, 6) is 0.285. The lowest BCUT2D eigenvalue weighted by molar-refractivity contribution is 0.0192. The molecular weight excluding hydrogens is 428 g/mol. The van der Waals surface area contributed by atoms with Gasteiger partial charge in [-0.05, 0) is 56.1 Å². The molecule has 2 atom stereocenters. The van der Waals surface area contributed by atoms with E-state index >= 15 is 0 Å². The van der Waals surface area contributed by atoms with Gasteiger partial charge in [-0.1, -0.05) is 36.4 Å². The van der Waals surface area contributed by atoms with Gasteiger partial charge in [-0.15, -0.1) is 0 Å². The van der Waals surface area contributed by atoms with E-state index in [2.05, 4.69) is 28.3 Å². The molecule has 2 heterocycles. The van der Waals surface area contributed by atoms with Crippen LogP contribution in [0.1, 0.15) is 51.6 Å². The number of likely N-dealkylation sites (tertiary alicyclic amines) is 1. The van der Waals surface area contributed by atoms with E-state index in [1.165, 1.54) is 11.3 Å². The second kappa shape index (κ2) is 8.89. The first-order valence-corrected chi connectivity index (χ1v) is 11.9. The number of para-hydroxylation sites is 1. The van der Waals surface area contributed by atoms with E-state index in [4.69, 9.17) is 4.74 Å². The summed E-state index contributed by atoms with van der Waals surface area (Å²) in [5.41, 5.74) is 4.70.